The number of carbonyl (C=O) groups excluding carboxylic acids is 1. The van der Waals surface area contributed by atoms with Gasteiger partial charge in [0.15, 0.2) is 5.11 Å². The third kappa shape index (κ3) is 2.21. The molecule has 0 radical (unpaired) electrons. The zero-order valence-corrected chi connectivity index (χ0v) is 11.4. The van der Waals surface area contributed by atoms with Crippen LogP contribution in [-0.2, 0) is 4.79 Å². The molecule has 1 aromatic carbocycles. The first-order valence-electron chi connectivity index (χ1n) is 4.14. The van der Waals surface area contributed by atoms with E-state index in [-0.39, 0.29) is 11.9 Å². The molecule has 78 valence electrons. The van der Waals surface area contributed by atoms with Gasteiger partial charge in [-0.2, -0.15) is 0 Å². The Bertz CT molecular complexity index is 450. The van der Waals surface area contributed by atoms with Crippen molar-refractivity contribution >= 4 is 55.1 Å². The second-order valence-corrected chi connectivity index (χ2v) is 5.19. The molecule has 3 nitrogen and oxygen atoms in total. The minimum absolute atomic E-state index is 0.116. The number of hydrogen-bond donors (Lipinski definition) is 2. The molecule has 2 N–H and O–H groups in total. The van der Waals surface area contributed by atoms with Crippen molar-refractivity contribution in [1.29, 1.82) is 0 Å². The molecule has 0 spiro atoms. The highest BCUT2D eigenvalue weighted by molar-refractivity contribution is 9.13. The van der Waals surface area contributed by atoms with Gasteiger partial charge < -0.3 is 10.6 Å². The van der Waals surface area contributed by atoms with Gasteiger partial charge in [-0.1, -0.05) is 6.07 Å². The topological polar surface area (TPSA) is 41.1 Å². The van der Waals surface area contributed by atoms with Crippen LogP contribution in [0, 0.1) is 0 Å². The van der Waals surface area contributed by atoms with E-state index in [2.05, 4.69) is 42.5 Å². The maximum absolute atomic E-state index is 11.5. The van der Waals surface area contributed by atoms with E-state index in [1.54, 1.807) is 0 Å². The summed E-state index contributed by atoms with van der Waals surface area (Å²) < 4.78 is 1.86. The van der Waals surface area contributed by atoms with E-state index in [1.165, 1.54) is 0 Å². The normalized spacial score (nSPS) is 20.0. The average molecular weight is 350 g/mol. The average Bonchev–Trinajstić information content (AvgIpc) is 2.50. The molecular weight excluding hydrogens is 344 g/mol. The van der Waals surface area contributed by atoms with Crippen molar-refractivity contribution in [3.63, 3.8) is 0 Å². The summed E-state index contributed by atoms with van der Waals surface area (Å²) in [5.41, 5.74) is 0.877. The Hall–Kier alpha value is -0.460. The van der Waals surface area contributed by atoms with Gasteiger partial charge in [-0.15, -0.1) is 0 Å². The number of thiocarbonyl (C=S) groups is 1. The highest BCUT2D eigenvalue weighted by atomic mass is 79.9. The summed E-state index contributed by atoms with van der Waals surface area (Å²) in [7, 11) is 0. The fraction of sp³-hybridized carbons (Fsp3) is 0.111. The van der Waals surface area contributed by atoms with Gasteiger partial charge in [0.1, 0.15) is 6.04 Å². The number of nitrogens with one attached hydrogen (secondary N) is 2. The van der Waals surface area contributed by atoms with Crippen LogP contribution in [0.1, 0.15) is 11.6 Å². The summed E-state index contributed by atoms with van der Waals surface area (Å²) in [6.45, 7) is 0. The summed E-state index contributed by atoms with van der Waals surface area (Å²) >= 11 is 11.6. The van der Waals surface area contributed by atoms with Gasteiger partial charge in [-0.25, -0.2) is 0 Å². The van der Waals surface area contributed by atoms with E-state index in [0.29, 0.717) is 5.11 Å². The summed E-state index contributed by atoms with van der Waals surface area (Å²) in [6.07, 6.45) is 0. The van der Waals surface area contributed by atoms with Gasteiger partial charge in [0.05, 0.1) is 0 Å². The Balaban J connectivity index is 2.34. The highest BCUT2D eigenvalue weighted by Crippen LogP contribution is 2.27. The fourth-order valence-corrected chi connectivity index (χ4v) is 2.21. The number of benzene rings is 1. The molecule has 1 saturated heterocycles. The first-order valence-corrected chi connectivity index (χ1v) is 6.13. The fourth-order valence-electron chi connectivity index (χ4n) is 1.34. The summed E-state index contributed by atoms with van der Waals surface area (Å²) in [5, 5.41) is 5.83. The van der Waals surface area contributed by atoms with Gasteiger partial charge >= 0.3 is 0 Å². The van der Waals surface area contributed by atoms with Crippen molar-refractivity contribution in [2.24, 2.45) is 0 Å². The molecule has 1 unspecified atom stereocenters. The van der Waals surface area contributed by atoms with Crippen molar-refractivity contribution in [3.05, 3.63) is 32.7 Å². The van der Waals surface area contributed by atoms with E-state index in [1.807, 2.05) is 18.2 Å². The second-order valence-electron chi connectivity index (χ2n) is 3.07. The Kier molecular flexibility index (Phi) is 3.08. The van der Waals surface area contributed by atoms with E-state index >= 15 is 0 Å². The summed E-state index contributed by atoms with van der Waals surface area (Å²) in [4.78, 5) is 11.5. The monoisotopic (exact) mass is 348 g/mol. The van der Waals surface area contributed by atoms with Gasteiger partial charge in [0, 0.05) is 8.95 Å². The largest absolute Gasteiger partial charge is 0.347 e. The van der Waals surface area contributed by atoms with Crippen molar-refractivity contribution in [2.75, 3.05) is 0 Å². The third-order valence-electron chi connectivity index (χ3n) is 2.05. The van der Waals surface area contributed by atoms with Crippen molar-refractivity contribution in [2.45, 2.75) is 6.04 Å². The maximum atomic E-state index is 11.5. The molecule has 0 saturated carbocycles. The molecule has 2 rings (SSSR count). The number of hydrogen-bond acceptors (Lipinski definition) is 2. The molecule has 0 aliphatic carbocycles. The lowest BCUT2D eigenvalue weighted by Crippen LogP contribution is -2.21. The molecule has 1 atom stereocenters. The summed E-state index contributed by atoms with van der Waals surface area (Å²) in [5.74, 6) is -0.116. The Morgan fingerprint density at radius 2 is 2.00 bits per heavy atom. The molecule has 1 aromatic rings. The van der Waals surface area contributed by atoms with Crippen LogP contribution in [0.2, 0.25) is 0 Å². The molecule has 1 heterocycles. The number of halogens is 2. The van der Waals surface area contributed by atoms with Crippen molar-refractivity contribution in [1.82, 2.24) is 10.6 Å². The number of rotatable bonds is 1. The van der Waals surface area contributed by atoms with Crippen LogP contribution in [0.4, 0.5) is 0 Å². The second kappa shape index (κ2) is 4.19. The highest BCUT2D eigenvalue weighted by Gasteiger charge is 2.28. The SMILES string of the molecule is O=C1NC(=S)NC1c1ccc(Br)c(Br)c1. The van der Waals surface area contributed by atoms with E-state index in [0.717, 1.165) is 14.5 Å². The smallest absolute Gasteiger partial charge is 0.253 e. The van der Waals surface area contributed by atoms with E-state index in [4.69, 9.17) is 12.2 Å². The quantitative estimate of drug-likeness (QED) is 0.764. The van der Waals surface area contributed by atoms with Gasteiger partial charge in [-0.05, 0) is 61.8 Å². The zero-order chi connectivity index (χ0) is 11.0. The third-order valence-corrected chi connectivity index (χ3v) is 4.15. The molecule has 6 heteroatoms. The van der Waals surface area contributed by atoms with Crippen molar-refractivity contribution in [3.8, 4) is 0 Å². The lowest BCUT2D eigenvalue weighted by atomic mass is 10.1. The molecule has 1 aliphatic heterocycles. The zero-order valence-electron chi connectivity index (χ0n) is 7.38. The first-order chi connectivity index (χ1) is 7.08. The van der Waals surface area contributed by atoms with Gasteiger partial charge in [0.2, 0.25) is 0 Å². The lowest BCUT2D eigenvalue weighted by molar-refractivity contribution is -0.120. The minimum Gasteiger partial charge on any atom is -0.347 e. The van der Waals surface area contributed by atoms with Crippen LogP contribution in [0.25, 0.3) is 0 Å². The van der Waals surface area contributed by atoms with Crippen LogP contribution in [0.3, 0.4) is 0 Å². The van der Waals surface area contributed by atoms with Crippen LogP contribution in [-0.4, -0.2) is 11.0 Å². The van der Waals surface area contributed by atoms with E-state index in [9.17, 15) is 4.79 Å². The van der Waals surface area contributed by atoms with Crippen LogP contribution in [0.5, 0.6) is 0 Å². The van der Waals surface area contributed by atoms with Crippen molar-refractivity contribution < 1.29 is 4.79 Å². The number of amides is 1. The molecule has 0 aromatic heterocycles. The minimum atomic E-state index is -0.387. The first kappa shape index (κ1) is 11.0. The molecule has 0 bridgehead atoms. The molecule has 15 heavy (non-hydrogen) atoms. The summed E-state index contributed by atoms with van der Waals surface area (Å²) in [6, 6.07) is 5.26. The predicted octanol–water partition coefficient (Wildman–Crippen LogP) is 2.26. The van der Waals surface area contributed by atoms with Gasteiger partial charge in [0.25, 0.3) is 5.91 Å². The lowest BCUT2D eigenvalue weighted by Gasteiger charge is -2.08. The van der Waals surface area contributed by atoms with Crippen LogP contribution >= 0.6 is 44.1 Å². The molecular formula is C9H6Br2N2OS. The van der Waals surface area contributed by atoms with Crippen LogP contribution < -0.4 is 10.6 Å². The Labute approximate surface area is 109 Å². The van der Waals surface area contributed by atoms with E-state index < -0.39 is 0 Å². The standard InChI is InChI=1S/C9H6Br2N2OS/c10-5-2-1-4(3-6(5)11)7-8(14)13-9(15)12-7/h1-3,7H,(H2,12,13,14,15). The molecule has 1 fully saturated rings. The number of carbonyl (C=O) groups is 1. The molecule has 1 amide bonds. The molecule has 1 aliphatic rings. The predicted molar refractivity (Wildman–Crippen MR) is 68.5 cm³/mol. The Morgan fingerprint density at radius 3 is 2.53 bits per heavy atom. The maximum Gasteiger partial charge on any atom is 0.253 e. The van der Waals surface area contributed by atoms with Crippen LogP contribution in [0.15, 0.2) is 27.1 Å². The van der Waals surface area contributed by atoms with Gasteiger partial charge in [-0.3, -0.25) is 4.79 Å². The Morgan fingerprint density at radius 1 is 1.27 bits per heavy atom.